The van der Waals surface area contributed by atoms with Gasteiger partial charge in [0.05, 0.1) is 25.2 Å². The van der Waals surface area contributed by atoms with E-state index in [1.54, 1.807) is 23.1 Å². The Morgan fingerprint density at radius 1 is 1.12 bits per heavy atom. The van der Waals surface area contributed by atoms with Crippen LogP contribution in [-0.2, 0) is 11.3 Å². The lowest BCUT2D eigenvalue weighted by molar-refractivity contribution is 0.0947. The van der Waals surface area contributed by atoms with Crippen molar-refractivity contribution in [3.63, 3.8) is 0 Å². The van der Waals surface area contributed by atoms with Crippen molar-refractivity contribution >= 4 is 17.4 Å². The molecular weight excluding hydrogens is 406 g/mol. The molecule has 9 heteroatoms. The normalized spacial score (nSPS) is 14.1. The van der Waals surface area contributed by atoms with Crippen LogP contribution in [0.4, 0.5) is 5.82 Å². The number of hydrogen-bond acceptors (Lipinski definition) is 6. The summed E-state index contributed by atoms with van der Waals surface area (Å²) in [5.41, 5.74) is 2.89. The van der Waals surface area contributed by atoms with Gasteiger partial charge in [0, 0.05) is 56.3 Å². The van der Waals surface area contributed by atoms with Gasteiger partial charge in [0.25, 0.3) is 5.91 Å². The van der Waals surface area contributed by atoms with Gasteiger partial charge < -0.3 is 19.5 Å². The van der Waals surface area contributed by atoms with Crippen molar-refractivity contribution in [1.82, 2.24) is 29.5 Å². The molecule has 4 aromatic rings. The van der Waals surface area contributed by atoms with Crippen LogP contribution in [0.5, 0.6) is 0 Å². The summed E-state index contributed by atoms with van der Waals surface area (Å²) in [6.07, 6.45) is 6.24. The Kier molecular flexibility index (Phi) is 5.80. The van der Waals surface area contributed by atoms with Crippen LogP contribution in [-0.4, -0.2) is 62.9 Å². The van der Waals surface area contributed by atoms with E-state index in [1.165, 1.54) is 0 Å². The minimum atomic E-state index is -0.199. The summed E-state index contributed by atoms with van der Waals surface area (Å²) in [6, 6.07) is 13.8. The Balaban J connectivity index is 1.40. The van der Waals surface area contributed by atoms with Gasteiger partial charge >= 0.3 is 0 Å². The minimum absolute atomic E-state index is 0.199. The number of hydrogen-bond donors (Lipinski definition) is 1. The lowest BCUT2D eigenvalue weighted by atomic mass is 10.1. The zero-order valence-electron chi connectivity index (χ0n) is 17.7. The van der Waals surface area contributed by atoms with E-state index >= 15 is 0 Å². The molecule has 0 unspecified atom stereocenters. The molecule has 1 saturated heterocycles. The number of fused-ring (bicyclic) bond motifs is 1. The number of nitrogens with zero attached hydrogens (tertiary/aromatic N) is 6. The van der Waals surface area contributed by atoms with E-state index in [2.05, 4.69) is 20.3 Å². The van der Waals surface area contributed by atoms with E-state index in [0.717, 1.165) is 43.1 Å². The molecule has 164 valence electrons. The number of carbonyl (C=O) groups is 1. The average molecular weight is 432 g/mol. The third kappa shape index (κ3) is 4.33. The van der Waals surface area contributed by atoms with Crippen LogP contribution in [0.3, 0.4) is 0 Å². The fourth-order valence-corrected chi connectivity index (χ4v) is 3.82. The van der Waals surface area contributed by atoms with Crippen molar-refractivity contribution in [1.29, 1.82) is 0 Å². The molecule has 0 saturated carbocycles. The molecular formula is C23H25N7O2. The number of carbonyl (C=O) groups excluding carboxylic acids is 1. The average Bonchev–Trinajstić information content (AvgIpc) is 3.52. The van der Waals surface area contributed by atoms with Gasteiger partial charge in [0.1, 0.15) is 5.82 Å². The zero-order chi connectivity index (χ0) is 21.8. The molecule has 1 aromatic carbocycles. The number of aromatic nitrogens is 5. The Bertz CT molecular complexity index is 1180. The van der Waals surface area contributed by atoms with Crippen LogP contribution in [0.2, 0.25) is 0 Å². The number of ether oxygens (including phenoxy) is 1. The number of morpholine rings is 1. The number of imidazole rings is 1. The Hall–Kier alpha value is -3.72. The summed E-state index contributed by atoms with van der Waals surface area (Å²) in [6.45, 7) is 4.22. The quantitative estimate of drug-likeness (QED) is 0.452. The number of anilines is 1. The molecule has 0 bridgehead atoms. The van der Waals surface area contributed by atoms with Crippen LogP contribution in [0.1, 0.15) is 16.9 Å². The molecule has 9 nitrogen and oxygen atoms in total. The summed E-state index contributed by atoms with van der Waals surface area (Å²) in [7, 11) is 0. The fraction of sp³-hybridized carbons (Fsp3) is 0.304. The van der Waals surface area contributed by atoms with E-state index < -0.39 is 0 Å². The summed E-state index contributed by atoms with van der Waals surface area (Å²) in [5, 5.41) is 7.55. The highest BCUT2D eigenvalue weighted by Crippen LogP contribution is 2.25. The zero-order valence-corrected chi connectivity index (χ0v) is 17.7. The number of benzene rings is 1. The van der Waals surface area contributed by atoms with E-state index in [0.29, 0.717) is 31.1 Å². The molecule has 32 heavy (non-hydrogen) atoms. The molecule has 1 fully saturated rings. The maximum atomic E-state index is 12.8. The molecule has 4 heterocycles. The smallest absolute Gasteiger partial charge is 0.271 e. The number of amides is 1. The Labute approximate surface area is 185 Å². The first-order valence-electron chi connectivity index (χ1n) is 10.8. The van der Waals surface area contributed by atoms with Gasteiger partial charge in [-0.25, -0.2) is 9.97 Å². The first-order chi connectivity index (χ1) is 15.8. The topological polar surface area (TPSA) is 89.6 Å². The van der Waals surface area contributed by atoms with Crippen LogP contribution in [0, 0.1) is 0 Å². The van der Waals surface area contributed by atoms with Crippen LogP contribution < -0.4 is 10.2 Å². The van der Waals surface area contributed by atoms with Gasteiger partial charge in [0.2, 0.25) is 0 Å². The maximum Gasteiger partial charge on any atom is 0.271 e. The fourth-order valence-electron chi connectivity index (χ4n) is 3.82. The summed E-state index contributed by atoms with van der Waals surface area (Å²) >= 11 is 0. The Morgan fingerprint density at radius 3 is 2.75 bits per heavy atom. The molecule has 0 atom stereocenters. The second-order valence-electron chi connectivity index (χ2n) is 7.67. The highest BCUT2D eigenvalue weighted by Gasteiger charge is 2.20. The largest absolute Gasteiger partial charge is 0.378 e. The second-order valence-corrected chi connectivity index (χ2v) is 7.67. The van der Waals surface area contributed by atoms with Crippen LogP contribution in [0.15, 0.2) is 61.2 Å². The third-order valence-corrected chi connectivity index (χ3v) is 5.48. The maximum absolute atomic E-state index is 12.8. The molecule has 5 rings (SSSR count). The third-order valence-electron chi connectivity index (χ3n) is 5.48. The van der Waals surface area contributed by atoms with Crippen molar-refractivity contribution in [2.24, 2.45) is 0 Å². The lowest BCUT2D eigenvalue weighted by Gasteiger charge is -2.29. The van der Waals surface area contributed by atoms with Gasteiger partial charge in [0.15, 0.2) is 11.3 Å². The van der Waals surface area contributed by atoms with Crippen molar-refractivity contribution in [3.8, 4) is 11.3 Å². The first kappa shape index (κ1) is 20.2. The van der Waals surface area contributed by atoms with E-state index in [1.807, 2.05) is 47.2 Å². The van der Waals surface area contributed by atoms with Gasteiger partial charge in [-0.05, 0) is 6.42 Å². The standard InChI is InChI=1S/C23H25N7O2/c31-23(25-7-4-9-28-10-8-24-17-28)20-15-21-26-19(18-5-2-1-3-6-18)16-22(30(21)27-20)29-11-13-32-14-12-29/h1-3,5-6,8,10,15-17H,4,7,9,11-14H2,(H,25,31). The predicted molar refractivity (Wildman–Crippen MR) is 121 cm³/mol. The van der Waals surface area contributed by atoms with Crippen molar-refractivity contribution in [3.05, 3.63) is 66.9 Å². The van der Waals surface area contributed by atoms with Crippen molar-refractivity contribution < 1.29 is 9.53 Å². The SMILES string of the molecule is O=C(NCCCn1ccnc1)c1cc2nc(-c3ccccc3)cc(N3CCOCC3)n2n1. The number of rotatable bonds is 7. The molecule has 0 aliphatic carbocycles. The molecule has 3 aromatic heterocycles. The minimum Gasteiger partial charge on any atom is -0.378 e. The molecule has 0 spiro atoms. The van der Waals surface area contributed by atoms with E-state index in [-0.39, 0.29) is 5.91 Å². The molecule has 1 aliphatic rings. The summed E-state index contributed by atoms with van der Waals surface area (Å²) in [5.74, 6) is 0.714. The van der Waals surface area contributed by atoms with E-state index in [9.17, 15) is 4.79 Å². The van der Waals surface area contributed by atoms with Gasteiger partial charge in [-0.3, -0.25) is 4.79 Å². The lowest BCUT2D eigenvalue weighted by Crippen LogP contribution is -2.37. The second kappa shape index (κ2) is 9.19. The highest BCUT2D eigenvalue weighted by molar-refractivity contribution is 5.93. The molecule has 1 amide bonds. The number of nitrogens with one attached hydrogen (secondary N) is 1. The van der Waals surface area contributed by atoms with Crippen molar-refractivity contribution in [2.75, 3.05) is 37.7 Å². The summed E-state index contributed by atoms with van der Waals surface area (Å²) < 4.78 is 9.27. The van der Waals surface area contributed by atoms with Crippen molar-refractivity contribution in [2.45, 2.75) is 13.0 Å². The summed E-state index contributed by atoms with van der Waals surface area (Å²) in [4.78, 5) is 23.8. The predicted octanol–water partition coefficient (Wildman–Crippen LogP) is 2.25. The van der Waals surface area contributed by atoms with Crippen LogP contribution in [0.25, 0.3) is 16.9 Å². The molecule has 1 N–H and O–H groups in total. The molecule has 0 radical (unpaired) electrons. The van der Waals surface area contributed by atoms with Gasteiger partial charge in [-0.2, -0.15) is 9.61 Å². The van der Waals surface area contributed by atoms with Gasteiger partial charge in [-0.15, -0.1) is 0 Å². The highest BCUT2D eigenvalue weighted by atomic mass is 16.5. The monoisotopic (exact) mass is 431 g/mol. The van der Waals surface area contributed by atoms with Crippen LogP contribution >= 0.6 is 0 Å². The molecule has 1 aliphatic heterocycles. The van der Waals surface area contributed by atoms with E-state index in [4.69, 9.17) is 9.72 Å². The number of aryl methyl sites for hydroxylation is 1. The van der Waals surface area contributed by atoms with Gasteiger partial charge in [-0.1, -0.05) is 30.3 Å². The Morgan fingerprint density at radius 2 is 1.97 bits per heavy atom. The first-order valence-corrected chi connectivity index (χ1v) is 10.8.